The molecule has 0 atom stereocenters. The van der Waals surface area contributed by atoms with Crippen molar-refractivity contribution in [3.05, 3.63) is 29.8 Å². The van der Waals surface area contributed by atoms with Crippen molar-refractivity contribution in [2.24, 2.45) is 5.41 Å². The first-order valence-electron chi connectivity index (χ1n) is 9.71. The number of nitrogens with one attached hydrogen (secondary N) is 1. The third-order valence-electron chi connectivity index (χ3n) is 4.69. The van der Waals surface area contributed by atoms with Crippen LogP contribution in [0, 0.1) is 5.41 Å². The molecule has 0 aliphatic carbocycles. The van der Waals surface area contributed by atoms with Gasteiger partial charge in [-0.1, -0.05) is 32.9 Å². The van der Waals surface area contributed by atoms with Gasteiger partial charge in [-0.15, -0.1) is 0 Å². The molecular weight excluding hydrogens is 342 g/mol. The Kier molecular flexibility index (Phi) is 7.66. The maximum Gasteiger partial charge on any atom is 0.225 e. The minimum atomic E-state index is -0.395. The Bertz CT molecular complexity index is 617. The fourth-order valence-electron chi connectivity index (χ4n) is 2.89. The first-order valence-corrected chi connectivity index (χ1v) is 9.71. The molecule has 1 aromatic rings. The van der Waals surface area contributed by atoms with Crippen molar-refractivity contribution >= 4 is 17.5 Å². The van der Waals surface area contributed by atoms with Gasteiger partial charge in [0.25, 0.3) is 0 Å². The van der Waals surface area contributed by atoms with E-state index in [0.29, 0.717) is 25.9 Å². The van der Waals surface area contributed by atoms with Crippen LogP contribution < -0.4 is 10.2 Å². The number of morpholine rings is 1. The summed E-state index contributed by atoms with van der Waals surface area (Å²) in [5, 5.41) is 2.88. The number of benzene rings is 1. The molecule has 2 rings (SSSR count). The Labute approximate surface area is 162 Å². The zero-order chi connectivity index (χ0) is 19.9. The van der Waals surface area contributed by atoms with Crippen molar-refractivity contribution in [1.82, 2.24) is 10.2 Å². The topological polar surface area (TPSA) is 61.9 Å². The van der Waals surface area contributed by atoms with E-state index in [0.717, 1.165) is 31.9 Å². The van der Waals surface area contributed by atoms with Gasteiger partial charge in [0.05, 0.1) is 13.2 Å². The lowest BCUT2D eigenvalue weighted by Gasteiger charge is -2.29. The summed E-state index contributed by atoms with van der Waals surface area (Å²) >= 11 is 0. The second-order valence-electron chi connectivity index (χ2n) is 8.13. The Hall–Kier alpha value is -2.08. The highest BCUT2D eigenvalue weighted by molar-refractivity contribution is 5.81. The third-order valence-corrected chi connectivity index (χ3v) is 4.69. The predicted molar refractivity (Wildman–Crippen MR) is 108 cm³/mol. The molecule has 1 fully saturated rings. The first kappa shape index (κ1) is 21.2. The van der Waals surface area contributed by atoms with E-state index in [1.807, 2.05) is 27.8 Å². The van der Waals surface area contributed by atoms with Crippen LogP contribution in [0.3, 0.4) is 0 Å². The quantitative estimate of drug-likeness (QED) is 0.744. The third kappa shape index (κ3) is 6.86. The van der Waals surface area contributed by atoms with Crippen LogP contribution in [-0.4, -0.2) is 56.6 Å². The van der Waals surface area contributed by atoms with Crippen molar-refractivity contribution in [3.63, 3.8) is 0 Å². The molecule has 2 amide bonds. The molecule has 0 unspecified atom stereocenters. The van der Waals surface area contributed by atoms with Gasteiger partial charge >= 0.3 is 0 Å². The average Bonchev–Trinajstić information content (AvgIpc) is 2.65. The molecule has 1 aliphatic rings. The molecule has 1 saturated heterocycles. The van der Waals surface area contributed by atoms with Crippen LogP contribution in [0.15, 0.2) is 24.3 Å². The zero-order valence-corrected chi connectivity index (χ0v) is 17.1. The molecular formula is C21H33N3O3. The van der Waals surface area contributed by atoms with Crippen LogP contribution in [0.1, 0.15) is 39.2 Å². The summed E-state index contributed by atoms with van der Waals surface area (Å²) in [7, 11) is 1.83. The van der Waals surface area contributed by atoms with Crippen LogP contribution in [0.25, 0.3) is 0 Å². The molecule has 6 nitrogen and oxygen atoms in total. The lowest BCUT2D eigenvalue weighted by atomic mass is 9.96. The van der Waals surface area contributed by atoms with Crippen molar-refractivity contribution in [2.75, 3.05) is 44.8 Å². The molecule has 0 saturated carbocycles. The molecule has 150 valence electrons. The van der Waals surface area contributed by atoms with Crippen LogP contribution in [-0.2, 0) is 20.9 Å². The lowest BCUT2D eigenvalue weighted by Crippen LogP contribution is -2.36. The SMILES string of the molecule is CN(Cc1ccc(N2CCOCC2)cc1)C(=O)CCCNC(=O)C(C)(C)C. The van der Waals surface area contributed by atoms with Crippen molar-refractivity contribution in [2.45, 2.75) is 40.2 Å². The van der Waals surface area contributed by atoms with Crippen molar-refractivity contribution in [3.8, 4) is 0 Å². The maximum atomic E-state index is 12.3. The molecule has 0 spiro atoms. The Morgan fingerprint density at radius 3 is 2.37 bits per heavy atom. The summed E-state index contributed by atoms with van der Waals surface area (Å²) in [5.41, 5.74) is 1.92. The molecule has 1 aliphatic heterocycles. The minimum Gasteiger partial charge on any atom is -0.378 e. The molecule has 6 heteroatoms. The van der Waals surface area contributed by atoms with Gasteiger partial charge in [0.2, 0.25) is 11.8 Å². The number of hydrogen-bond acceptors (Lipinski definition) is 4. The number of ether oxygens (including phenoxy) is 1. The summed E-state index contributed by atoms with van der Waals surface area (Å²) in [6.07, 6.45) is 1.09. The summed E-state index contributed by atoms with van der Waals surface area (Å²) < 4.78 is 5.38. The van der Waals surface area contributed by atoms with Crippen LogP contribution >= 0.6 is 0 Å². The first-order chi connectivity index (χ1) is 12.8. The molecule has 27 heavy (non-hydrogen) atoms. The standard InChI is InChI=1S/C21H33N3O3/c1-21(2,3)20(26)22-11-5-6-19(25)23(4)16-17-7-9-18(10-8-17)24-12-14-27-15-13-24/h7-10H,5-6,11-16H2,1-4H3,(H,22,26). The Morgan fingerprint density at radius 2 is 1.78 bits per heavy atom. The number of carbonyl (C=O) groups is 2. The largest absolute Gasteiger partial charge is 0.378 e. The van der Waals surface area contributed by atoms with E-state index in [4.69, 9.17) is 4.74 Å². The highest BCUT2D eigenvalue weighted by Crippen LogP contribution is 2.17. The molecule has 0 radical (unpaired) electrons. The van der Waals surface area contributed by atoms with Crippen LogP contribution in [0.5, 0.6) is 0 Å². The molecule has 0 bridgehead atoms. The van der Waals surface area contributed by atoms with Gasteiger partial charge < -0.3 is 19.9 Å². The maximum absolute atomic E-state index is 12.3. The van der Waals surface area contributed by atoms with Crippen molar-refractivity contribution < 1.29 is 14.3 Å². The number of anilines is 1. The lowest BCUT2D eigenvalue weighted by molar-refractivity contribution is -0.131. The fraction of sp³-hybridized carbons (Fsp3) is 0.619. The Balaban J connectivity index is 1.73. The molecule has 0 aromatic heterocycles. The van der Waals surface area contributed by atoms with Crippen molar-refractivity contribution in [1.29, 1.82) is 0 Å². The van der Waals surface area contributed by atoms with E-state index in [2.05, 4.69) is 34.5 Å². The fourth-order valence-corrected chi connectivity index (χ4v) is 2.89. The molecule has 1 N–H and O–H groups in total. The molecule has 1 aromatic carbocycles. The molecule has 1 heterocycles. The normalized spacial score (nSPS) is 14.7. The number of hydrogen-bond donors (Lipinski definition) is 1. The summed E-state index contributed by atoms with van der Waals surface area (Å²) in [6.45, 7) is 10.2. The van der Waals surface area contributed by atoms with E-state index >= 15 is 0 Å². The van der Waals surface area contributed by atoms with Crippen LogP contribution in [0.4, 0.5) is 5.69 Å². The van der Waals surface area contributed by atoms with Gasteiger partial charge in [-0.3, -0.25) is 9.59 Å². The summed E-state index contributed by atoms with van der Waals surface area (Å²) in [4.78, 5) is 28.2. The van der Waals surface area contributed by atoms with E-state index in [-0.39, 0.29) is 11.8 Å². The van der Waals surface area contributed by atoms with Gasteiger partial charge in [0.15, 0.2) is 0 Å². The van der Waals surface area contributed by atoms with Gasteiger partial charge in [-0.25, -0.2) is 0 Å². The van der Waals surface area contributed by atoms with Crippen LogP contribution in [0.2, 0.25) is 0 Å². The second kappa shape index (κ2) is 9.74. The van der Waals surface area contributed by atoms with Gasteiger partial charge in [-0.2, -0.15) is 0 Å². The number of rotatable bonds is 7. The summed E-state index contributed by atoms with van der Waals surface area (Å²) in [5.74, 6) is 0.112. The number of amides is 2. The zero-order valence-electron chi connectivity index (χ0n) is 17.1. The number of carbonyl (C=O) groups excluding carboxylic acids is 2. The van der Waals surface area contributed by atoms with E-state index in [1.54, 1.807) is 4.90 Å². The second-order valence-corrected chi connectivity index (χ2v) is 8.13. The van der Waals surface area contributed by atoms with Gasteiger partial charge in [0, 0.05) is 50.7 Å². The van der Waals surface area contributed by atoms with Gasteiger partial charge in [-0.05, 0) is 24.1 Å². The minimum absolute atomic E-state index is 0.0173. The average molecular weight is 376 g/mol. The Morgan fingerprint density at radius 1 is 1.15 bits per heavy atom. The smallest absolute Gasteiger partial charge is 0.225 e. The highest BCUT2D eigenvalue weighted by Gasteiger charge is 2.20. The predicted octanol–water partition coefficient (Wildman–Crippen LogP) is 2.42. The van der Waals surface area contributed by atoms with E-state index in [9.17, 15) is 9.59 Å². The van der Waals surface area contributed by atoms with E-state index in [1.165, 1.54) is 5.69 Å². The number of nitrogens with zero attached hydrogens (tertiary/aromatic N) is 2. The highest BCUT2D eigenvalue weighted by atomic mass is 16.5. The van der Waals surface area contributed by atoms with E-state index < -0.39 is 5.41 Å². The van der Waals surface area contributed by atoms with Gasteiger partial charge in [0.1, 0.15) is 0 Å². The summed E-state index contributed by atoms with van der Waals surface area (Å²) in [6, 6.07) is 8.39. The monoisotopic (exact) mass is 375 g/mol.